The molecule has 0 atom stereocenters. The number of carbonyl (C=O) groups excluding carboxylic acids is 2. The van der Waals surface area contributed by atoms with Gasteiger partial charge in [-0.2, -0.15) is 0 Å². The van der Waals surface area contributed by atoms with Crippen molar-refractivity contribution in [3.05, 3.63) is 65.2 Å². The Morgan fingerprint density at radius 1 is 0.968 bits per heavy atom. The lowest BCUT2D eigenvalue weighted by molar-refractivity contribution is 0.0652. The Bertz CT molecular complexity index is 898. The van der Waals surface area contributed by atoms with Crippen molar-refractivity contribution in [1.82, 2.24) is 15.5 Å². The van der Waals surface area contributed by atoms with E-state index >= 15 is 0 Å². The topological polar surface area (TPSA) is 83.0 Å². The minimum absolute atomic E-state index is 0. The van der Waals surface area contributed by atoms with Gasteiger partial charge in [0.1, 0.15) is 5.75 Å². The van der Waals surface area contributed by atoms with Crippen molar-refractivity contribution in [3.63, 3.8) is 0 Å². The maximum atomic E-state index is 12.4. The molecule has 0 bridgehead atoms. The molecule has 0 unspecified atom stereocenters. The molecule has 0 fully saturated rings. The van der Waals surface area contributed by atoms with Gasteiger partial charge in [-0.25, -0.2) is 0 Å². The van der Waals surface area contributed by atoms with Gasteiger partial charge in [-0.1, -0.05) is 30.3 Å². The second-order valence-corrected chi connectivity index (χ2v) is 6.91. The van der Waals surface area contributed by atoms with Crippen molar-refractivity contribution in [1.29, 1.82) is 0 Å². The summed E-state index contributed by atoms with van der Waals surface area (Å²) in [5, 5.41) is 6.55. The number of fused-ring (bicyclic) bond motifs is 1. The molecular formula is C23H29IN4O3. The van der Waals surface area contributed by atoms with Crippen LogP contribution in [0.3, 0.4) is 0 Å². The van der Waals surface area contributed by atoms with E-state index in [4.69, 9.17) is 4.74 Å². The van der Waals surface area contributed by atoms with E-state index in [9.17, 15) is 9.59 Å². The summed E-state index contributed by atoms with van der Waals surface area (Å²) in [7, 11) is 1.72. The molecule has 2 aromatic rings. The Morgan fingerprint density at radius 3 is 2.26 bits per heavy atom. The van der Waals surface area contributed by atoms with Gasteiger partial charge in [0.05, 0.1) is 17.7 Å². The quantitative estimate of drug-likeness (QED) is 0.169. The highest BCUT2D eigenvalue weighted by Crippen LogP contribution is 2.22. The molecule has 0 aliphatic carbocycles. The van der Waals surface area contributed by atoms with Crippen molar-refractivity contribution < 1.29 is 14.3 Å². The Morgan fingerprint density at radius 2 is 1.61 bits per heavy atom. The molecular weight excluding hydrogens is 507 g/mol. The van der Waals surface area contributed by atoms with Crippen LogP contribution in [0.5, 0.6) is 5.75 Å². The van der Waals surface area contributed by atoms with E-state index < -0.39 is 0 Å². The highest BCUT2D eigenvalue weighted by molar-refractivity contribution is 14.0. The third-order valence-electron chi connectivity index (χ3n) is 4.92. The number of unbranched alkanes of at least 4 members (excludes halogenated alkanes) is 1. The zero-order valence-electron chi connectivity index (χ0n) is 17.9. The Labute approximate surface area is 200 Å². The monoisotopic (exact) mass is 536 g/mol. The number of nitrogens with zero attached hydrogens (tertiary/aromatic N) is 2. The fourth-order valence-electron chi connectivity index (χ4n) is 3.39. The Hall–Kier alpha value is -2.62. The van der Waals surface area contributed by atoms with Crippen molar-refractivity contribution >= 4 is 41.8 Å². The third-order valence-corrected chi connectivity index (χ3v) is 4.92. The van der Waals surface area contributed by atoms with E-state index in [0.717, 1.165) is 24.2 Å². The number of ether oxygens (including phenoxy) is 1. The van der Waals surface area contributed by atoms with Crippen molar-refractivity contribution in [2.45, 2.75) is 26.3 Å². The summed E-state index contributed by atoms with van der Waals surface area (Å²) >= 11 is 0. The van der Waals surface area contributed by atoms with Crippen LogP contribution in [0.1, 0.15) is 46.0 Å². The average Bonchev–Trinajstić information content (AvgIpc) is 3.01. The molecule has 1 aliphatic rings. The number of para-hydroxylation sites is 1. The number of carbonyl (C=O) groups is 2. The highest BCUT2D eigenvalue weighted by atomic mass is 127. The van der Waals surface area contributed by atoms with E-state index in [1.807, 2.05) is 31.2 Å². The van der Waals surface area contributed by atoms with Crippen molar-refractivity contribution in [2.24, 2.45) is 4.99 Å². The number of hydrogen-bond donors (Lipinski definition) is 2. The molecule has 31 heavy (non-hydrogen) atoms. The fourth-order valence-corrected chi connectivity index (χ4v) is 3.39. The lowest BCUT2D eigenvalue weighted by Gasteiger charge is -2.15. The smallest absolute Gasteiger partial charge is 0.261 e. The molecule has 0 spiro atoms. The van der Waals surface area contributed by atoms with Crippen LogP contribution in [0.4, 0.5) is 0 Å². The molecule has 2 aromatic carbocycles. The first-order valence-corrected chi connectivity index (χ1v) is 10.3. The van der Waals surface area contributed by atoms with E-state index in [1.165, 1.54) is 4.90 Å². The molecule has 1 heterocycles. The average molecular weight is 536 g/mol. The number of benzene rings is 2. The minimum atomic E-state index is -0.200. The van der Waals surface area contributed by atoms with Crippen LogP contribution in [0.2, 0.25) is 0 Å². The van der Waals surface area contributed by atoms with Crippen LogP contribution in [-0.4, -0.2) is 49.4 Å². The molecule has 0 saturated heterocycles. The van der Waals surface area contributed by atoms with Gasteiger partial charge in [-0.3, -0.25) is 19.5 Å². The number of aliphatic imine (C=N–C) groups is 1. The Kier molecular flexibility index (Phi) is 9.77. The summed E-state index contributed by atoms with van der Waals surface area (Å²) in [4.78, 5) is 30.3. The number of nitrogens with one attached hydrogen (secondary N) is 2. The first kappa shape index (κ1) is 24.6. The first-order chi connectivity index (χ1) is 14.7. The summed E-state index contributed by atoms with van der Waals surface area (Å²) in [5.41, 5.74) is 2.06. The van der Waals surface area contributed by atoms with Gasteiger partial charge in [0, 0.05) is 32.2 Å². The molecule has 2 N–H and O–H groups in total. The number of guanidine groups is 1. The van der Waals surface area contributed by atoms with Gasteiger partial charge >= 0.3 is 0 Å². The van der Waals surface area contributed by atoms with E-state index in [1.54, 1.807) is 31.3 Å². The van der Waals surface area contributed by atoms with Crippen molar-refractivity contribution in [3.8, 4) is 5.75 Å². The second-order valence-electron chi connectivity index (χ2n) is 6.91. The summed E-state index contributed by atoms with van der Waals surface area (Å²) in [6.45, 7) is 4.30. The van der Waals surface area contributed by atoms with Crippen LogP contribution in [0.15, 0.2) is 53.5 Å². The SMILES string of the molecule is CCOc1ccccc1CNC(=NC)NCCCCN1C(=O)c2ccccc2C1=O.I. The summed E-state index contributed by atoms with van der Waals surface area (Å²) in [5.74, 6) is 1.16. The van der Waals surface area contributed by atoms with E-state index in [-0.39, 0.29) is 35.8 Å². The zero-order chi connectivity index (χ0) is 21.3. The third kappa shape index (κ3) is 6.19. The lowest BCUT2D eigenvalue weighted by Crippen LogP contribution is -2.37. The predicted molar refractivity (Wildman–Crippen MR) is 132 cm³/mol. The van der Waals surface area contributed by atoms with Crippen LogP contribution in [0, 0.1) is 0 Å². The summed E-state index contributed by atoms with van der Waals surface area (Å²) in [6.07, 6.45) is 1.53. The molecule has 0 saturated carbocycles. The second kappa shape index (κ2) is 12.3. The number of amides is 2. The molecule has 166 valence electrons. The summed E-state index contributed by atoms with van der Waals surface area (Å²) in [6, 6.07) is 14.9. The zero-order valence-corrected chi connectivity index (χ0v) is 20.2. The normalized spacial score (nSPS) is 13.0. The van der Waals surface area contributed by atoms with Crippen molar-refractivity contribution in [2.75, 3.05) is 26.7 Å². The minimum Gasteiger partial charge on any atom is -0.494 e. The van der Waals surface area contributed by atoms with Gasteiger partial charge in [-0.15, -0.1) is 24.0 Å². The molecule has 8 heteroatoms. The van der Waals surface area contributed by atoms with E-state index in [0.29, 0.717) is 43.3 Å². The number of rotatable bonds is 9. The number of halogens is 1. The maximum absolute atomic E-state index is 12.4. The fraction of sp³-hybridized carbons (Fsp3) is 0.348. The molecule has 0 radical (unpaired) electrons. The Balaban J connectivity index is 0.00000341. The van der Waals surface area contributed by atoms with Gasteiger partial charge < -0.3 is 15.4 Å². The van der Waals surface area contributed by atoms with Gasteiger partial charge in [0.25, 0.3) is 11.8 Å². The molecule has 0 aromatic heterocycles. The van der Waals surface area contributed by atoms with Gasteiger partial charge in [0.2, 0.25) is 0 Å². The molecule has 2 amide bonds. The number of hydrogen-bond acceptors (Lipinski definition) is 4. The van der Waals surface area contributed by atoms with Crippen LogP contribution in [-0.2, 0) is 6.54 Å². The largest absolute Gasteiger partial charge is 0.494 e. The molecule has 1 aliphatic heterocycles. The summed E-state index contributed by atoms with van der Waals surface area (Å²) < 4.78 is 5.65. The number of imide groups is 1. The van der Waals surface area contributed by atoms with Gasteiger partial charge in [-0.05, 0) is 38.0 Å². The first-order valence-electron chi connectivity index (χ1n) is 10.3. The maximum Gasteiger partial charge on any atom is 0.261 e. The molecule has 3 rings (SSSR count). The van der Waals surface area contributed by atoms with E-state index in [2.05, 4.69) is 15.6 Å². The van der Waals surface area contributed by atoms with Gasteiger partial charge in [0.15, 0.2) is 5.96 Å². The standard InChI is InChI=1S/C23H28N4O3.HI/c1-3-30-20-13-7-4-10-17(20)16-26-23(24-2)25-14-8-9-15-27-21(28)18-11-5-6-12-19(18)22(27)29;/h4-7,10-13H,3,8-9,14-16H2,1-2H3,(H2,24,25,26);1H. The van der Waals surface area contributed by atoms with Crippen LogP contribution >= 0.6 is 24.0 Å². The lowest BCUT2D eigenvalue weighted by atomic mass is 10.1. The van der Waals surface area contributed by atoms with Crippen LogP contribution in [0.25, 0.3) is 0 Å². The van der Waals surface area contributed by atoms with Crippen LogP contribution < -0.4 is 15.4 Å². The highest BCUT2D eigenvalue weighted by Gasteiger charge is 2.34. The predicted octanol–water partition coefficient (Wildman–Crippen LogP) is 3.44. The molecule has 7 nitrogen and oxygen atoms in total.